The third-order valence-corrected chi connectivity index (χ3v) is 8.85. The van der Waals surface area contributed by atoms with Crippen LogP contribution >= 0.6 is 0 Å². The van der Waals surface area contributed by atoms with Crippen LogP contribution in [0.25, 0.3) is 87.6 Å². The van der Waals surface area contributed by atoms with Gasteiger partial charge in [-0.05, 0) is 112 Å². The fourth-order valence-corrected chi connectivity index (χ4v) is 6.63. The highest BCUT2D eigenvalue weighted by atomic mass is 14.2. The Morgan fingerprint density at radius 2 is 0.587 bits per heavy atom. The second kappa shape index (κ2) is 10.9. The first-order chi connectivity index (χ1) is 26.1. The molecule has 0 heterocycles. The molecule has 9 aromatic carbocycles. The van der Waals surface area contributed by atoms with Gasteiger partial charge in [-0.2, -0.15) is 0 Å². The molecule has 46 heavy (non-hydrogen) atoms. The molecule has 0 saturated heterocycles. The number of fused-ring (bicyclic) bond motifs is 4. The van der Waals surface area contributed by atoms with E-state index >= 15 is 0 Å². The van der Waals surface area contributed by atoms with E-state index in [0.29, 0.717) is 22.3 Å². The average molecular weight is 591 g/mol. The maximum absolute atomic E-state index is 9.31. The molecule has 214 valence electrons. The predicted octanol–water partition coefficient (Wildman–Crippen LogP) is 13.0. The maximum atomic E-state index is 9.31. The summed E-state index contributed by atoms with van der Waals surface area (Å²) in [6.45, 7) is 0. The third-order valence-electron chi connectivity index (χ3n) is 8.85. The normalized spacial score (nSPS) is 13.9. The number of hydrogen-bond donors (Lipinski definition) is 0. The number of hydrogen-bond acceptors (Lipinski definition) is 0. The zero-order chi connectivity index (χ0) is 37.4. The molecule has 0 aliphatic carbocycles. The van der Waals surface area contributed by atoms with E-state index in [1.165, 1.54) is 0 Å². The van der Waals surface area contributed by atoms with Crippen LogP contribution in [0.15, 0.2) is 182 Å². The van der Waals surface area contributed by atoms with Gasteiger partial charge in [-0.15, -0.1) is 0 Å². The van der Waals surface area contributed by atoms with E-state index in [2.05, 4.69) is 12.1 Å². The summed E-state index contributed by atoms with van der Waals surface area (Å²) in [5, 5.41) is 4.48. The van der Waals surface area contributed by atoms with Crippen molar-refractivity contribution in [2.45, 2.75) is 0 Å². The van der Waals surface area contributed by atoms with E-state index in [0.717, 1.165) is 43.8 Å². The standard InChI is InChI=1S/C46H30/c1-3-11-31(12-4-1)33-19-21-37-29-39(25-23-35(37)27-33)45-41-15-7-9-17-43(41)46(44-18-10-8-16-42(44)45)40-26-24-36-28-34(20-22-38(36)30-40)32-13-5-2-6-14-32/h1-30H/i7D,8D,9D,10D,15D,16D,17D,18D. The van der Waals surface area contributed by atoms with Crippen molar-refractivity contribution < 1.29 is 11.0 Å². The maximum Gasteiger partial charge on any atom is 0.0629 e. The van der Waals surface area contributed by atoms with Crippen LogP contribution in [0.2, 0.25) is 0 Å². The van der Waals surface area contributed by atoms with Gasteiger partial charge in [0.25, 0.3) is 0 Å². The van der Waals surface area contributed by atoms with Crippen molar-refractivity contribution in [1.82, 2.24) is 0 Å². The molecular formula is C46H30. The highest BCUT2D eigenvalue weighted by molar-refractivity contribution is 6.22. The molecule has 0 atom stereocenters. The fraction of sp³-hybridized carbons (Fsp3) is 0. The molecule has 0 nitrogen and oxygen atoms in total. The smallest absolute Gasteiger partial charge is 0.0622 e. The van der Waals surface area contributed by atoms with E-state index < -0.39 is 24.2 Å². The highest BCUT2D eigenvalue weighted by Crippen LogP contribution is 2.44. The van der Waals surface area contributed by atoms with Gasteiger partial charge in [-0.25, -0.2) is 0 Å². The van der Waals surface area contributed by atoms with E-state index in [1.54, 1.807) is 0 Å². The topological polar surface area (TPSA) is 0 Å². The van der Waals surface area contributed by atoms with Crippen molar-refractivity contribution in [3.63, 3.8) is 0 Å². The zero-order valence-corrected chi connectivity index (χ0v) is 24.7. The predicted molar refractivity (Wildman–Crippen MR) is 198 cm³/mol. The van der Waals surface area contributed by atoms with Crippen molar-refractivity contribution in [3.8, 4) is 44.5 Å². The Labute approximate surface area is 280 Å². The van der Waals surface area contributed by atoms with Crippen LogP contribution in [0.5, 0.6) is 0 Å². The Kier molecular flexibility index (Phi) is 4.59. The molecule has 9 rings (SSSR count). The SMILES string of the molecule is [2H]c1c([2H])c([2H])c2c(-c3ccc4cc(-c5ccccc5)ccc4c3)c3c([2H])c([2H])c([2H])c([2H])c3c(-c3ccc4cc(-c5ccccc5)ccc4c3)c2c1[2H]. The van der Waals surface area contributed by atoms with Crippen molar-refractivity contribution in [1.29, 1.82) is 0 Å². The van der Waals surface area contributed by atoms with Crippen molar-refractivity contribution in [3.05, 3.63) is 182 Å². The average Bonchev–Trinajstić information content (AvgIpc) is 3.22. The van der Waals surface area contributed by atoms with Gasteiger partial charge in [0, 0.05) is 0 Å². The molecule has 0 saturated carbocycles. The fourth-order valence-electron chi connectivity index (χ4n) is 6.63. The Balaban J connectivity index is 1.38. The monoisotopic (exact) mass is 590 g/mol. The largest absolute Gasteiger partial charge is 0.0629 e. The molecule has 0 spiro atoms. The van der Waals surface area contributed by atoms with Crippen LogP contribution in [0.3, 0.4) is 0 Å². The Morgan fingerprint density at radius 3 is 0.935 bits per heavy atom. The summed E-state index contributed by atoms with van der Waals surface area (Å²) >= 11 is 0. The van der Waals surface area contributed by atoms with Gasteiger partial charge in [-0.3, -0.25) is 0 Å². The van der Waals surface area contributed by atoms with Gasteiger partial charge in [0.2, 0.25) is 0 Å². The van der Waals surface area contributed by atoms with Crippen LogP contribution in [-0.4, -0.2) is 0 Å². The Bertz CT molecular complexity index is 2730. The zero-order valence-electron chi connectivity index (χ0n) is 32.7. The van der Waals surface area contributed by atoms with Crippen LogP contribution in [-0.2, 0) is 0 Å². The first-order valence-corrected chi connectivity index (χ1v) is 15.3. The summed E-state index contributed by atoms with van der Waals surface area (Å²) in [5.74, 6) is 0. The molecule has 0 aliphatic rings. The van der Waals surface area contributed by atoms with Crippen LogP contribution in [0, 0.1) is 0 Å². The quantitative estimate of drug-likeness (QED) is 0.179. The van der Waals surface area contributed by atoms with Gasteiger partial charge in [0.1, 0.15) is 0 Å². The minimum atomic E-state index is -0.417. The van der Waals surface area contributed by atoms with Crippen LogP contribution in [0.1, 0.15) is 11.0 Å². The van der Waals surface area contributed by atoms with Crippen molar-refractivity contribution in [2.24, 2.45) is 0 Å². The molecule has 9 aromatic rings. The summed E-state index contributed by atoms with van der Waals surface area (Å²) in [4.78, 5) is 0. The summed E-state index contributed by atoms with van der Waals surface area (Å²) in [6, 6.07) is 41.1. The number of rotatable bonds is 4. The lowest BCUT2D eigenvalue weighted by Gasteiger charge is -2.18. The molecule has 0 N–H and O–H groups in total. The van der Waals surface area contributed by atoms with E-state index in [9.17, 15) is 5.48 Å². The van der Waals surface area contributed by atoms with E-state index in [-0.39, 0.29) is 45.7 Å². The Morgan fingerprint density at radius 1 is 0.283 bits per heavy atom. The summed E-state index contributed by atoms with van der Waals surface area (Å²) in [6.07, 6.45) is 0. The molecule has 0 amide bonds. The second-order valence-electron chi connectivity index (χ2n) is 11.5. The van der Waals surface area contributed by atoms with Gasteiger partial charge in [0.15, 0.2) is 0 Å². The van der Waals surface area contributed by atoms with E-state index in [4.69, 9.17) is 5.48 Å². The molecule has 0 heteroatoms. The summed E-state index contributed by atoms with van der Waals surface area (Å²) in [7, 11) is 0. The number of benzene rings is 9. The highest BCUT2D eigenvalue weighted by Gasteiger charge is 2.17. The van der Waals surface area contributed by atoms with Gasteiger partial charge in [0.05, 0.1) is 11.0 Å². The molecule has 0 radical (unpaired) electrons. The molecule has 0 bridgehead atoms. The lowest BCUT2D eigenvalue weighted by atomic mass is 9.85. The summed E-state index contributed by atoms with van der Waals surface area (Å²) < 4.78 is 72.3. The molecule has 0 aromatic heterocycles. The molecule has 0 aliphatic heterocycles. The van der Waals surface area contributed by atoms with Crippen molar-refractivity contribution >= 4 is 43.1 Å². The van der Waals surface area contributed by atoms with Gasteiger partial charge >= 0.3 is 0 Å². The first kappa shape index (κ1) is 19.4. The molecular weight excluding hydrogens is 553 g/mol. The summed E-state index contributed by atoms with van der Waals surface area (Å²) in [5.41, 5.74) is 6.09. The molecule has 0 unspecified atom stereocenters. The second-order valence-corrected chi connectivity index (χ2v) is 11.5. The van der Waals surface area contributed by atoms with Gasteiger partial charge < -0.3 is 0 Å². The lowest BCUT2D eigenvalue weighted by Crippen LogP contribution is -1.91. The molecule has 0 fully saturated rings. The van der Waals surface area contributed by atoms with Gasteiger partial charge in [-0.1, -0.05) is 158 Å². The van der Waals surface area contributed by atoms with Crippen molar-refractivity contribution in [2.75, 3.05) is 0 Å². The van der Waals surface area contributed by atoms with Crippen LogP contribution < -0.4 is 0 Å². The first-order valence-electron chi connectivity index (χ1n) is 19.3. The minimum absolute atomic E-state index is 0.202. The van der Waals surface area contributed by atoms with E-state index in [1.807, 2.05) is 121 Å². The Hall–Kier alpha value is -5.98. The third kappa shape index (κ3) is 4.47. The van der Waals surface area contributed by atoms with Crippen LogP contribution in [0.4, 0.5) is 0 Å². The lowest BCUT2D eigenvalue weighted by molar-refractivity contribution is 1.64. The minimum Gasteiger partial charge on any atom is -0.0622 e.